The van der Waals surface area contributed by atoms with Crippen molar-refractivity contribution in [3.63, 3.8) is 0 Å². The third-order valence-corrected chi connectivity index (χ3v) is 3.27. The lowest BCUT2D eigenvalue weighted by atomic mass is 9.91. The average Bonchev–Trinajstić information content (AvgIpc) is 2.33. The Morgan fingerprint density at radius 3 is 2.44 bits per heavy atom. The van der Waals surface area contributed by atoms with E-state index in [-0.39, 0.29) is 22.9 Å². The first kappa shape index (κ1) is 12.8. The minimum Gasteiger partial charge on any atom is -0.505 e. The van der Waals surface area contributed by atoms with E-state index in [1.54, 1.807) is 0 Å². The molecule has 2 aromatic carbocycles. The predicted molar refractivity (Wildman–Crippen MR) is 69.0 cm³/mol. The first-order valence-corrected chi connectivity index (χ1v) is 6.09. The second-order valence-corrected chi connectivity index (χ2v) is 4.76. The highest BCUT2D eigenvalue weighted by Gasteiger charge is 2.18. The van der Waals surface area contributed by atoms with Crippen molar-refractivity contribution in [3.05, 3.63) is 41.0 Å². The molecule has 0 radical (unpaired) electrons. The normalized spacial score (nSPS) is 11.4. The molecule has 1 N–H and O–H groups in total. The van der Waals surface area contributed by atoms with Crippen LogP contribution in [0, 0.1) is 11.6 Å². The largest absolute Gasteiger partial charge is 0.505 e. The Morgan fingerprint density at radius 1 is 1.22 bits per heavy atom. The third kappa shape index (κ3) is 1.84. The molecule has 0 heterocycles. The minimum absolute atomic E-state index is 0.0890. The Kier molecular flexibility index (Phi) is 3.24. The Balaban J connectivity index is 2.99. The molecule has 0 saturated heterocycles. The lowest BCUT2D eigenvalue weighted by Crippen LogP contribution is -1.99. The molecule has 0 aromatic heterocycles. The molecular weight excluding hydrogens is 234 g/mol. The summed E-state index contributed by atoms with van der Waals surface area (Å²) in [6.45, 7) is 5.72. The van der Waals surface area contributed by atoms with Gasteiger partial charge in [0.1, 0.15) is 5.82 Å². The summed E-state index contributed by atoms with van der Waals surface area (Å²) < 4.78 is 27.7. The molecule has 0 atom stereocenters. The maximum Gasteiger partial charge on any atom is 0.172 e. The number of benzene rings is 2. The number of fused-ring (bicyclic) bond motifs is 1. The van der Waals surface area contributed by atoms with E-state index in [4.69, 9.17) is 0 Å². The van der Waals surface area contributed by atoms with Crippen LogP contribution in [0.4, 0.5) is 8.78 Å². The number of rotatable bonds is 2. The van der Waals surface area contributed by atoms with Gasteiger partial charge in [0.25, 0.3) is 0 Å². The highest BCUT2D eigenvalue weighted by atomic mass is 19.1. The van der Waals surface area contributed by atoms with Crippen LogP contribution in [-0.4, -0.2) is 5.11 Å². The molecule has 18 heavy (non-hydrogen) atoms. The summed E-state index contributed by atoms with van der Waals surface area (Å²) in [5.41, 5.74) is 1.29. The maximum absolute atomic E-state index is 13.9. The topological polar surface area (TPSA) is 20.2 Å². The summed E-state index contributed by atoms with van der Waals surface area (Å²) in [5.74, 6) is -1.29. The summed E-state index contributed by atoms with van der Waals surface area (Å²) in [7, 11) is 0. The van der Waals surface area contributed by atoms with Crippen molar-refractivity contribution >= 4 is 10.8 Å². The van der Waals surface area contributed by atoms with Crippen molar-refractivity contribution in [2.75, 3.05) is 0 Å². The van der Waals surface area contributed by atoms with Gasteiger partial charge in [-0.3, -0.25) is 0 Å². The monoisotopic (exact) mass is 250 g/mol. The standard InChI is InChI=1S/C15H16F2O/c1-4-9-12(16)6-5-10-14(9)11(8(2)3)7-13(18)15(10)17/h5-8,18H,4H2,1-3H3. The van der Waals surface area contributed by atoms with E-state index in [9.17, 15) is 13.9 Å². The van der Waals surface area contributed by atoms with Crippen LogP contribution < -0.4 is 0 Å². The van der Waals surface area contributed by atoms with Crippen molar-refractivity contribution in [1.29, 1.82) is 0 Å². The number of aryl methyl sites for hydroxylation is 1. The Hall–Kier alpha value is -1.64. The fourth-order valence-electron chi connectivity index (χ4n) is 2.36. The first-order valence-electron chi connectivity index (χ1n) is 6.09. The fourth-order valence-corrected chi connectivity index (χ4v) is 2.36. The SMILES string of the molecule is CCc1c(F)ccc2c(F)c(O)cc(C(C)C)c12. The molecule has 0 amide bonds. The second-order valence-electron chi connectivity index (χ2n) is 4.76. The molecule has 0 fully saturated rings. The van der Waals surface area contributed by atoms with E-state index >= 15 is 0 Å². The van der Waals surface area contributed by atoms with Gasteiger partial charge in [-0.05, 0) is 47.1 Å². The molecule has 0 spiro atoms. The van der Waals surface area contributed by atoms with E-state index in [2.05, 4.69) is 0 Å². The van der Waals surface area contributed by atoms with Crippen LogP contribution in [0.15, 0.2) is 18.2 Å². The molecule has 1 nitrogen and oxygen atoms in total. The van der Waals surface area contributed by atoms with Crippen molar-refractivity contribution in [2.45, 2.75) is 33.1 Å². The van der Waals surface area contributed by atoms with E-state index in [1.807, 2.05) is 20.8 Å². The van der Waals surface area contributed by atoms with Gasteiger partial charge < -0.3 is 5.11 Å². The molecule has 2 aromatic rings. The van der Waals surface area contributed by atoms with Gasteiger partial charge in [-0.15, -0.1) is 0 Å². The van der Waals surface area contributed by atoms with Crippen LogP contribution in [0.5, 0.6) is 5.75 Å². The van der Waals surface area contributed by atoms with Gasteiger partial charge in [0.15, 0.2) is 11.6 Å². The van der Waals surface area contributed by atoms with Crippen molar-refractivity contribution in [2.24, 2.45) is 0 Å². The molecule has 0 bridgehead atoms. The molecule has 2 rings (SSSR count). The van der Waals surface area contributed by atoms with Crippen molar-refractivity contribution in [1.82, 2.24) is 0 Å². The predicted octanol–water partition coefficient (Wildman–Crippen LogP) is 4.51. The van der Waals surface area contributed by atoms with Gasteiger partial charge in [0.05, 0.1) is 0 Å². The lowest BCUT2D eigenvalue weighted by Gasteiger charge is -2.15. The molecular formula is C15H16F2O. The second kappa shape index (κ2) is 4.56. The maximum atomic E-state index is 13.9. The van der Waals surface area contributed by atoms with E-state index in [0.717, 1.165) is 5.56 Å². The van der Waals surface area contributed by atoms with E-state index < -0.39 is 5.82 Å². The molecule has 0 aliphatic carbocycles. The number of aromatic hydroxyl groups is 1. The molecule has 0 aliphatic heterocycles. The quantitative estimate of drug-likeness (QED) is 0.831. The van der Waals surface area contributed by atoms with Crippen LogP contribution in [0.3, 0.4) is 0 Å². The van der Waals surface area contributed by atoms with Crippen LogP contribution in [0.1, 0.15) is 37.8 Å². The van der Waals surface area contributed by atoms with Gasteiger partial charge >= 0.3 is 0 Å². The zero-order valence-corrected chi connectivity index (χ0v) is 10.7. The summed E-state index contributed by atoms with van der Waals surface area (Å²) in [5, 5.41) is 10.5. The van der Waals surface area contributed by atoms with E-state index in [1.165, 1.54) is 18.2 Å². The average molecular weight is 250 g/mol. The summed E-state index contributed by atoms with van der Waals surface area (Å²) >= 11 is 0. The van der Waals surface area contributed by atoms with Gasteiger partial charge in [0.2, 0.25) is 0 Å². The summed E-state index contributed by atoms with van der Waals surface area (Å²) in [6.07, 6.45) is 0.493. The number of phenolic OH excluding ortho intramolecular Hbond substituents is 1. The molecule has 96 valence electrons. The summed E-state index contributed by atoms with van der Waals surface area (Å²) in [4.78, 5) is 0. The van der Waals surface area contributed by atoms with Crippen LogP contribution >= 0.6 is 0 Å². The number of hydrogen-bond acceptors (Lipinski definition) is 1. The number of halogens is 2. The van der Waals surface area contributed by atoms with Gasteiger partial charge in [-0.25, -0.2) is 8.78 Å². The molecule has 0 saturated carbocycles. The minimum atomic E-state index is -0.677. The summed E-state index contributed by atoms with van der Waals surface area (Å²) in [6, 6.07) is 4.06. The van der Waals surface area contributed by atoms with Crippen LogP contribution in [-0.2, 0) is 6.42 Å². The lowest BCUT2D eigenvalue weighted by molar-refractivity contribution is 0.435. The highest BCUT2D eigenvalue weighted by molar-refractivity contribution is 5.91. The van der Waals surface area contributed by atoms with Crippen LogP contribution in [0.2, 0.25) is 0 Å². The van der Waals surface area contributed by atoms with Crippen LogP contribution in [0.25, 0.3) is 10.8 Å². The zero-order chi connectivity index (χ0) is 13.4. The zero-order valence-electron chi connectivity index (χ0n) is 10.7. The Morgan fingerprint density at radius 2 is 1.89 bits per heavy atom. The third-order valence-electron chi connectivity index (χ3n) is 3.27. The number of hydrogen-bond donors (Lipinski definition) is 1. The van der Waals surface area contributed by atoms with Gasteiger partial charge in [-0.1, -0.05) is 20.8 Å². The van der Waals surface area contributed by atoms with E-state index in [0.29, 0.717) is 17.4 Å². The first-order chi connectivity index (χ1) is 8.47. The molecule has 3 heteroatoms. The van der Waals surface area contributed by atoms with Crippen molar-refractivity contribution < 1.29 is 13.9 Å². The molecule has 0 unspecified atom stereocenters. The highest BCUT2D eigenvalue weighted by Crippen LogP contribution is 2.36. The molecule has 0 aliphatic rings. The van der Waals surface area contributed by atoms with Gasteiger partial charge in [-0.2, -0.15) is 0 Å². The van der Waals surface area contributed by atoms with Crippen molar-refractivity contribution in [3.8, 4) is 5.75 Å². The fraction of sp³-hybridized carbons (Fsp3) is 0.333. The number of phenols is 1. The smallest absolute Gasteiger partial charge is 0.172 e. The Labute approximate surface area is 105 Å². The Bertz CT molecular complexity index is 603. The van der Waals surface area contributed by atoms with Gasteiger partial charge in [0, 0.05) is 5.39 Å².